The Morgan fingerprint density at radius 1 is 1.14 bits per heavy atom. The van der Waals surface area contributed by atoms with Crippen LogP contribution in [-0.2, 0) is 23.8 Å². The first-order valence-corrected chi connectivity index (χ1v) is 7.85. The highest BCUT2D eigenvalue weighted by Gasteiger charge is 2.58. The van der Waals surface area contributed by atoms with E-state index in [-0.39, 0.29) is 24.7 Å². The Balaban J connectivity index is 2.23. The van der Waals surface area contributed by atoms with E-state index in [0.29, 0.717) is 25.4 Å². The summed E-state index contributed by atoms with van der Waals surface area (Å²) in [5, 5.41) is 0. The number of esters is 2. The molecule has 2 atom stereocenters. The van der Waals surface area contributed by atoms with Gasteiger partial charge < -0.3 is 14.2 Å². The number of carbonyl (C=O) groups excluding carboxylic acids is 2. The summed E-state index contributed by atoms with van der Waals surface area (Å²) in [6, 6.07) is 0. The van der Waals surface area contributed by atoms with Crippen LogP contribution < -0.4 is 0 Å². The molecule has 1 heterocycles. The molecule has 0 bridgehead atoms. The van der Waals surface area contributed by atoms with E-state index in [1.807, 2.05) is 0 Å². The van der Waals surface area contributed by atoms with E-state index >= 15 is 0 Å². The second-order valence-corrected chi connectivity index (χ2v) is 6.55. The minimum absolute atomic E-state index is 0.180. The number of carbonyl (C=O) groups is 2. The Kier molecular flexibility index (Phi) is 4.61. The fraction of sp³-hybridized carbons (Fsp3) is 0.875. The van der Waals surface area contributed by atoms with Crippen molar-refractivity contribution in [2.45, 2.75) is 52.6 Å². The van der Waals surface area contributed by atoms with Gasteiger partial charge in [-0.05, 0) is 58.8 Å². The summed E-state index contributed by atoms with van der Waals surface area (Å²) < 4.78 is 16.2. The molecule has 0 N–H and O–H groups in total. The van der Waals surface area contributed by atoms with Crippen molar-refractivity contribution >= 4 is 11.9 Å². The van der Waals surface area contributed by atoms with Gasteiger partial charge in [-0.3, -0.25) is 9.59 Å². The lowest BCUT2D eigenvalue weighted by Crippen LogP contribution is -2.48. The molecule has 0 aromatic rings. The summed E-state index contributed by atoms with van der Waals surface area (Å²) in [5.74, 6) is -0.282. The molecule has 0 aromatic carbocycles. The van der Waals surface area contributed by atoms with E-state index in [9.17, 15) is 9.59 Å². The molecule has 1 aliphatic heterocycles. The van der Waals surface area contributed by atoms with E-state index < -0.39 is 17.4 Å². The molecule has 5 heteroatoms. The van der Waals surface area contributed by atoms with Crippen molar-refractivity contribution in [1.82, 2.24) is 0 Å². The van der Waals surface area contributed by atoms with Crippen molar-refractivity contribution in [3.63, 3.8) is 0 Å². The number of hydrogen-bond acceptors (Lipinski definition) is 5. The molecular formula is C16H26O5. The Morgan fingerprint density at radius 2 is 1.71 bits per heavy atom. The van der Waals surface area contributed by atoms with Crippen LogP contribution in [0.15, 0.2) is 0 Å². The first-order valence-electron chi connectivity index (χ1n) is 7.85. The first-order chi connectivity index (χ1) is 9.87. The van der Waals surface area contributed by atoms with Crippen LogP contribution >= 0.6 is 0 Å². The summed E-state index contributed by atoms with van der Waals surface area (Å²) in [7, 11) is 0. The van der Waals surface area contributed by atoms with Gasteiger partial charge in [-0.15, -0.1) is 0 Å². The molecule has 120 valence electrons. The molecule has 5 nitrogen and oxygen atoms in total. The third-order valence-electron chi connectivity index (χ3n) is 4.96. The van der Waals surface area contributed by atoms with E-state index in [1.54, 1.807) is 13.8 Å². The third-order valence-corrected chi connectivity index (χ3v) is 4.96. The summed E-state index contributed by atoms with van der Waals surface area (Å²) in [5.41, 5.74) is -1.32. The van der Waals surface area contributed by atoms with Gasteiger partial charge in [0.25, 0.3) is 0 Å². The summed E-state index contributed by atoms with van der Waals surface area (Å²) in [6.45, 7) is 8.82. The lowest BCUT2D eigenvalue weighted by Gasteiger charge is -2.40. The highest BCUT2D eigenvalue weighted by molar-refractivity contribution is 6.00. The molecule has 0 aromatic heterocycles. The van der Waals surface area contributed by atoms with Crippen LogP contribution in [0.5, 0.6) is 0 Å². The molecule has 0 amide bonds. The zero-order chi connectivity index (χ0) is 15.7. The Hall–Kier alpha value is -1.10. The van der Waals surface area contributed by atoms with Crippen LogP contribution in [0.4, 0.5) is 0 Å². The molecule has 1 aliphatic carbocycles. The first kappa shape index (κ1) is 16.3. The minimum atomic E-state index is -1.14. The quantitative estimate of drug-likeness (QED) is 0.589. The predicted octanol–water partition coefficient (Wildman–Crippen LogP) is 2.32. The van der Waals surface area contributed by atoms with Crippen molar-refractivity contribution < 1.29 is 23.8 Å². The van der Waals surface area contributed by atoms with Gasteiger partial charge >= 0.3 is 11.9 Å². The van der Waals surface area contributed by atoms with Crippen molar-refractivity contribution in [2.24, 2.45) is 17.3 Å². The molecule has 2 rings (SSSR count). The summed E-state index contributed by atoms with van der Waals surface area (Å²) in [4.78, 5) is 24.8. The molecule has 0 spiro atoms. The highest BCUT2D eigenvalue weighted by Crippen LogP contribution is 2.51. The topological polar surface area (TPSA) is 61.8 Å². The molecule has 1 saturated carbocycles. The van der Waals surface area contributed by atoms with Crippen LogP contribution in [-0.4, -0.2) is 37.4 Å². The van der Waals surface area contributed by atoms with Gasteiger partial charge in [0.2, 0.25) is 0 Å². The SMILES string of the molecule is CCOC(=O)C1(C(=O)OCC)CC[C@H]2[C@H](COC2(C)C)C1. The number of fused-ring (bicyclic) bond motifs is 1. The van der Waals surface area contributed by atoms with Crippen molar-refractivity contribution in [3.8, 4) is 0 Å². The van der Waals surface area contributed by atoms with E-state index in [4.69, 9.17) is 14.2 Å². The van der Waals surface area contributed by atoms with E-state index in [2.05, 4.69) is 13.8 Å². The third kappa shape index (κ3) is 2.80. The van der Waals surface area contributed by atoms with Gasteiger partial charge in [-0.25, -0.2) is 0 Å². The second-order valence-electron chi connectivity index (χ2n) is 6.55. The smallest absolute Gasteiger partial charge is 0.323 e. The van der Waals surface area contributed by atoms with Crippen molar-refractivity contribution in [3.05, 3.63) is 0 Å². The Labute approximate surface area is 126 Å². The van der Waals surface area contributed by atoms with Gasteiger partial charge in [0.05, 0.1) is 25.4 Å². The maximum atomic E-state index is 12.4. The predicted molar refractivity (Wildman–Crippen MR) is 76.6 cm³/mol. The zero-order valence-electron chi connectivity index (χ0n) is 13.4. The van der Waals surface area contributed by atoms with Crippen molar-refractivity contribution in [2.75, 3.05) is 19.8 Å². The van der Waals surface area contributed by atoms with Gasteiger partial charge in [-0.2, -0.15) is 0 Å². The Bertz CT molecular complexity index is 397. The molecular weight excluding hydrogens is 272 g/mol. The van der Waals surface area contributed by atoms with E-state index in [1.165, 1.54) is 0 Å². The largest absolute Gasteiger partial charge is 0.465 e. The van der Waals surface area contributed by atoms with Crippen LogP contribution in [0, 0.1) is 17.3 Å². The molecule has 21 heavy (non-hydrogen) atoms. The normalized spacial score (nSPS) is 29.5. The molecule has 0 unspecified atom stereocenters. The highest BCUT2D eigenvalue weighted by atomic mass is 16.6. The van der Waals surface area contributed by atoms with Gasteiger partial charge in [0.15, 0.2) is 5.41 Å². The standard InChI is InChI=1S/C16H26O5/c1-5-19-13(17)16(14(18)20-6-2)8-7-12-11(9-16)10-21-15(12,3)4/h11-12H,5-10H2,1-4H3/t11-,12-/m0/s1. The van der Waals surface area contributed by atoms with Crippen LogP contribution in [0.2, 0.25) is 0 Å². The number of rotatable bonds is 4. The lowest BCUT2D eigenvalue weighted by molar-refractivity contribution is -0.177. The van der Waals surface area contributed by atoms with Crippen LogP contribution in [0.25, 0.3) is 0 Å². The molecule has 1 saturated heterocycles. The van der Waals surface area contributed by atoms with Gasteiger partial charge in [-0.1, -0.05) is 0 Å². The second kappa shape index (κ2) is 5.95. The molecule has 2 aliphatic rings. The molecule has 0 radical (unpaired) electrons. The fourth-order valence-electron chi connectivity index (χ4n) is 3.84. The molecule has 2 fully saturated rings. The maximum Gasteiger partial charge on any atom is 0.323 e. The van der Waals surface area contributed by atoms with Gasteiger partial charge in [0.1, 0.15) is 0 Å². The van der Waals surface area contributed by atoms with E-state index in [0.717, 1.165) is 6.42 Å². The monoisotopic (exact) mass is 298 g/mol. The summed E-state index contributed by atoms with van der Waals surface area (Å²) >= 11 is 0. The minimum Gasteiger partial charge on any atom is -0.465 e. The average molecular weight is 298 g/mol. The lowest BCUT2D eigenvalue weighted by atomic mass is 9.63. The Morgan fingerprint density at radius 3 is 2.24 bits per heavy atom. The fourth-order valence-corrected chi connectivity index (χ4v) is 3.84. The number of hydrogen-bond donors (Lipinski definition) is 0. The number of ether oxygens (including phenoxy) is 3. The van der Waals surface area contributed by atoms with Crippen LogP contribution in [0.1, 0.15) is 47.0 Å². The van der Waals surface area contributed by atoms with Crippen LogP contribution in [0.3, 0.4) is 0 Å². The van der Waals surface area contributed by atoms with Crippen molar-refractivity contribution in [1.29, 1.82) is 0 Å². The zero-order valence-corrected chi connectivity index (χ0v) is 13.4. The maximum absolute atomic E-state index is 12.4. The average Bonchev–Trinajstić information content (AvgIpc) is 2.74. The van der Waals surface area contributed by atoms with Gasteiger partial charge in [0, 0.05) is 0 Å². The summed E-state index contributed by atoms with van der Waals surface area (Å²) in [6.07, 6.45) is 1.74.